The summed E-state index contributed by atoms with van der Waals surface area (Å²) in [6, 6.07) is 10.5. The first kappa shape index (κ1) is 21.1. The third-order valence-corrected chi connectivity index (χ3v) is 6.49. The molecule has 1 amide bonds. The van der Waals surface area contributed by atoms with Gasteiger partial charge < -0.3 is 15.1 Å². The van der Waals surface area contributed by atoms with E-state index in [2.05, 4.69) is 14.9 Å². The number of nitrogens with zero attached hydrogens (tertiary/aromatic N) is 2. The number of hydrogen-bond donors (Lipinski definition) is 2. The SMILES string of the molecule is Cc1ccc(C)c(S(=O)(=O)Nc2cc(C(=O)N(C)C)ccc2N2CCNCC2)c1. The summed E-state index contributed by atoms with van der Waals surface area (Å²) in [4.78, 5) is 16.3. The number of benzene rings is 2. The summed E-state index contributed by atoms with van der Waals surface area (Å²) < 4.78 is 29.1. The van der Waals surface area contributed by atoms with Crippen LogP contribution in [0.4, 0.5) is 11.4 Å². The van der Waals surface area contributed by atoms with E-state index in [4.69, 9.17) is 0 Å². The second-order valence-corrected chi connectivity index (χ2v) is 9.19. The van der Waals surface area contributed by atoms with Gasteiger partial charge in [-0.15, -0.1) is 0 Å². The summed E-state index contributed by atoms with van der Waals surface area (Å²) >= 11 is 0. The number of rotatable bonds is 5. The third kappa shape index (κ3) is 4.71. The number of aryl methyl sites for hydroxylation is 2. The Morgan fingerprint density at radius 2 is 1.76 bits per heavy atom. The predicted molar refractivity (Wildman–Crippen MR) is 116 cm³/mol. The Morgan fingerprint density at radius 3 is 2.41 bits per heavy atom. The quantitative estimate of drug-likeness (QED) is 0.781. The molecule has 0 bridgehead atoms. The Balaban J connectivity index is 2.05. The Bertz CT molecular complexity index is 1010. The van der Waals surface area contributed by atoms with E-state index in [9.17, 15) is 13.2 Å². The lowest BCUT2D eigenvalue weighted by atomic mass is 10.1. The number of sulfonamides is 1. The average molecular weight is 417 g/mol. The lowest BCUT2D eigenvalue weighted by molar-refractivity contribution is 0.0827. The second kappa shape index (κ2) is 8.42. The molecule has 156 valence electrons. The maximum Gasteiger partial charge on any atom is 0.262 e. The van der Waals surface area contributed by atoms with Crippen molar-refractivity contribution in [3.63, 3.8) is 0 Å². The normalized spacial score (nSPS) is 14.6. The maximum absolute atomic E-state index is 13.2. The van der Waals surface area contributed by atoms with E-state index in [0.29, 0.717) is 16.8 Å². The van der Waals surface area contributed by atoms with Crippen molar-refractivity contribution in [2.75, 3.05) is 49.9 Å². The molecule has 29 heavy (non-hydrogen) atoms. The van der Waals surface area contributed by atoms with Crippen molar-refractivity contribution in [2.45, 2.75) is 18.7 Å². The van der Waals surface area contributed by atoms with Crippen LogP contribution in [0.25, 0.3) is 0 Å². The molecule has 0 radical (unpaired) electrons. The van der Waals surface area contributed by atoms with Gasteiger partial charge in [0.05, 0.1) is 16.3 Å². The van der Waals surface area contributed by atoms with Gasteiger partial charge in [-0.1, -0.05) is 12.1 Å². The molecule has 0 spiro atoms. The maximum atomic E-state index is 13.2. The topological polar surface area (TPSA) is 81.8 Å². The van der Waals surface area contributed by atoms with Gasteiger partial charge in [0.1, 0.15) is 0 Å². The minimum absolute atomic E-state index is 0.177. The van der Waals surface area contributed by atoms with Crippen LogP contribution >= 0.6 is 0 Å². The van der Waals surface area contributed by atoms with Crippen LogP contribution in [0.5, 0.6) is 0 Å². The fourth-order valence-electron chi connectivity index (χ4n) is 3.39. The van der Waals surface area contributed by atoms with Crippen molar-refractivity contribution >= 4 is 27.3 Å². The summed E-state index contributed by atoms with van der Waals surface area (Å²) in [6.07, 6.45) is 0. The van der Waals surface area contributed by atoms with Crippen LogP contribution < -0.4 is 14.9 Å². The van der Waals surface area contributed by atoms with Crippen LogP contribution in [0.1, 0.15) is 21.5 Å². The summed E-state index contributed by atoms with van der Waals surface area (Å²) in [7, 11) is -0.461. The fourth-order valence-corrected chi connectivity index (χ4v) is 4.78. The predicted octanol–water partition coefficient (Wildman–Crippen LogP) is 2.22. The molecule has 0 aliphatic carbocycles. The zero-order valence-corrected chi connectivity index (χ0v) is 18.1. The van der Waals surface area contributed by atoms with Gasteiger partial charge in [-0.3, -0.25) is 9.52 Å². The van der Waals surface area contributed by atoms with E-state index in [1.165, 1.54) is 4.90 Å². The van der Waals surface area contributed by atoms with E-state index in [1.807, 2.05) is 19.1 Å². The van der Waals surface area contributed by atoms with Crippen LogP contribution in [-0.2, 0) is 10.0 Å². The highest BCUT2D eigenvalue weighted by Crippen LogP contribution is 2.31. The number of piperazine rings is 1. The van der Waals surface area contributed by atoms with Crippen LogP contribution in [-0.4, -0.2) is 59.5 Å². The summed E-state index contributed by atoms with van der Waals surface area (Å²) in [5.74, 6) is -0.177. The van der Waals surface area contributed by atoms with Gasteiger partial charge in [0.15, 0.2) is 0 Å². The van der Waals surface area contributed by atoms with Gasteiger partial charge in [-0.2, -0.15) is 0 Å². The van der Waals surface area contributed by atoms with E-state index in [1.54, 1.807) is 45.3 Å². The molecular formula is C21H28N4O3S. The number of carbonyl (C=O) groups excluding carboxylic acids is 1. The van der Waals surface area contributed by atoms with Gasteiger partial charge >= 0.3 is 0 Å². The first-order valence-corrected chi connectivity index (χ1v) is 11.1. The molecule has 2 aromatic carbocycles. The molecule has 1 heterocycles. The first-order valence-electron chi connectivity index (χ1n) is 9.60. The average Bonchev–Trinajstić information content (AvgIpc) is 2.69. The molecule has 0 atom stereocenters. The zero-order valence-electron chi connectivity index (χ0n) is 17.3. The third-order valence-electron chi connectivity index (χ3n) is 4.98. The highest BCUT2D eigenvalue weighted by Gasteiger charge is 2.23. The van der Waals surface area contributed by atoms with E-state index in [-0.39, 0.29) is 10.8 Å². The van der Waals surface area contributed by atoms with Gasteiger partial charge in [0.25, 0.3) is 15.9 Å². The smallest absolute Gasteiger partial charge is 0.262 e. The first-order chi connectivity index (χ1) is 13.7. The molecule has 1 saturated heterocycles. The van der Waals surface area contributed by atoms with Gasteiger partial charge in [0.2, 0.25) is 0 Å². The van der Waals surface area contributed by atoms with Crippen LogP contribution in [0.2, 0.25) is 0 Å². The van der Waals surface area contributed by atoms with Gasteiger partial charge in [0, 0.05) is 45.8 Å². The molecule has 3 rings (SSSR count). The Kier molecular flexibility index (Phi) is 6.14. The highest BCUT2D eigenvalue weighted by molar-refractivity contribution is 7.92. The van der Waals surface area contributed by atoms with E-state index >= 15 is 0 Å². The van der Waals surface area contributed by atoms with Crippen molar-refractivity contribution in [2.24, 2.45) is 0 Å². The molecule has 0 aromatic heterocycles. The van der Waals surface area contributed by atoms with Crippen molar-refractivity contribution in [1.82, 2.24) is 10.2 Å². The molecule has 1 aliphatic heterocycles. The van der Waals surface area contributed by atoms with Crippen molar-refractivity contribution in [3.8, 4) is 0 Å². The number of amides is 1. The lowest BCUT2D eigenvalue weighted by Gasteiger charge is -2.31. The second-order valence-electron chi connectivity index (χ2n) is 7.54. The molecule has 7 nitrogen and oxygen atoms in total. The van der Waals surface area contributed by atoms with E-state index < -0.39 is 10.0 Å². The van der Waals surface area contributed by atoms with E-state index in [0.717, 1.165) is 37.4 Å². The number of hydrogen-bond acceptors (Lipinski definition) is 5. The lowest BCUT2D eigenvalue weighted by Crippen LogP contribution is -2.43. The number of carbonyl (C=O) groups is 1. The number of anilines is 2. The Morgan fingerprint density at radius 1 is 1.07 bits per heavy atom. The summed E-state index contributed by atoms with van der Waals surface area (Å²) in [5.41, 5.74) is 3.17. The van der Waals surface area contributed by atoms with Crippen molar-refractivity contribution in [3.05, 3.63) is 53.1 Å². The summed E-state index contributed by atoms with van der Waals surface area (Å²) in [5, 5.41) is 3.30. The minimum Gasteiger partial charge on any atom is -0.367 e. The molecule has 2 aromatic rings. The largest absolute Gasteiger partial charge is 0.367 e. The Hall–Kier alpha value is -2.58. The molecule has 2 N–H and O–H groups in total. The zero-order chi connectivity index (χ0) is 21.2. The molecule has 0 saturated carbocycles. The fraction of sp³-hybridized carbons (Fsp3) is 0.381. The molecule has 8 heteroatoms. The van der Waals surface area contributed by atoms with Gasteiger partial charge in [-0.25, -0.2) is 8.42 Å². The van der Waals surface area contributed by atoms with Crippen LogP contribution in [0, 0.1) is 13.8 Å². The summed E-state index contributed by atoms with van der Waals surface area (Å²) in [6.45, 7) is 6.81. The van der Waals surface area contributed by atoms with Crippen LogP contribution in [0.15, 0.2) is 41.3 Å². The monoisotopic (exact) mass is 416 g/mol. The van der Waals surface area contributed by atoms with Crippen LogP contribution in [0.3, 0.4) is 0 Å². The molecular weight excluding hydrogens is 388 g/mol. The molecule has 1 fully saturated rings. The minimum atomic E-state index is -3.81. The highest BCUT2D eigenvalue weighted by atomic mass is 32.2. The van der Waals surface area contributed by atoms with Gasteiger partial charge in [-0.05, 0) is 49.2 Å². The molecule has 1 aliphatic rings. The van der Waals surface area contributed by atoms with Crippen molar-refractivity contribution < 1.29 is 13.2 Å². The standard InChI is InChI=1S/C21H28N4O3S/c1-15-5-6-16(2)20(13-15)29(27,28)23-18-14-17(21(26)24(3)4)7-8-19(18)25-11-9-22-10-12-25/h5-8,13-14,22-23H,9-12H2,1-4H3. The van der Waals surface area contributed by atoms with Crippen molar-refractivity contribution in [1.29, 1.82) is 0 Å². The Labute approximate surface area is 172 Å². The number of nitrogens with one attached hydrogen (secondary N) is 2. The molecule has 0 unspecified atom stereocenters.